The van der Waals surface area contributed by atoms with Gasteiger partial charge in [0.15, 0.2) is 5.75 Å². The Balaban J connectivity index is 2.06. The highest BCUT2D eigenvalue weighted by molar-refractivity contribution is 6.31. The molecule has 1 unspecified atom stereocenters. The summed E-state index contributed by atoms with van der Waals surface area (Å²) >= 11 is 5.96. The molecule has 1 atom stereocenters. The van der Waals surface area contributed by atoms with Crippen molar-refractivity contribution in [2.45, 2.75) is 13.0 Å². The summed E-state index contributed by atoms with van der Waals surface area (Å²) in [6.07, 6.45) is -0.0326. The number of nitrogens with one attached hydrogen (secondary N) is 2. The maximum Gasteiger partial charge on any atom is 0.255 e. The normalized spacial score (nSPS) is 18.3. The Morgan fingerprint density at radius 3 is 3.10 bits per heavy atom. The van der Waals surface area contributed by atoms with Crippen molar-refractivity contribution >= 4 is 23.2 Å². The van der Waals surface area contributed by atoms with Gasteiger partial charge in [-0.2, -0.15) is 0 Å². The molecule has 116 valence electrons. The van der Waals surface area contributed by atoms with E-state index in [2.05, 4.69) is 10.6 Å². The topological polar surface area (TPSA) is 85.6 Å². The van der Waals surface area contributed by atoms with E-state index in [9.17, 15) is 4.79 Å². The van der Waals surface area contributed by atoms with E-state index in [4.69, 9.17) is 26.8 Å². The van der Waals surface area contributed by atoms with E-state index in [0.29, 0.717) is 41.8 Å². The molecule has 4 N–H and O–H groups in total. The zero-order chi connectivity index (χ0) is 15.2. The van der Waals surface area contributed by atoms with Gasteiger partial charge in [0.2, 0.25) is 0 Å². The number of nitrogens with two attached hydrogens (primary N) is 1. The van der Waals surface area contributed by atoms with Crippen molar-refractivity contribution < 1.29 is 14.3 Å². The minimum Gasteiger partial charge on any atom is -0.491 e. The van der Waals surface area contributed by atoms with E-state index >= 15 is 0 Å². The highest BCUT2D eigenvalue weighted by atomic mass is 35.5. The van der Waals surface area contributed by atoms with Gasteiger partial charge < -0.3 is 25.8 Å². The van der Waals surface area contributed by atoms with Crippen molar-refractivity contribution in [3.63, 3.8) is 0 Å². The molecule has 1 aromatic carbocycles. The summed E-state index contributed by atoms with van der Waals surface area (Å²) in [6, 6.07) is 3.12. The fourth-order valence-corrected chi connectivity index (χ4v) is 2.37. The fraction of sp³-hybridized carbons (Fsp3) is 0.500. The summed E-state index contributed by atoms with van der Waals surface area (Å²) in [6.45, 7) is 4.87. The molecular formula is C14H20ClN3O3. The van der Waals surface area contributed by atoms with Crippen LogP contribution in [0.1, 0.15) is 17.3 Å². The number of carbonyl (C=O) groups excluding carboxylic acids is 1. The van der Waals surface area contributed by atoms with E-state index in [0.717, 1.165) is 13.1 Å². The lowest BCUT2D eigenvalue weighted by Gasteiger charge is -2.24. The second-order valence-electron chi connectivity index (χ2n) is 4.71. The molecule has 1 fully saturated rings. The summed E-state index contributed by atoms with van der Waals surface area (Å²) in [5.74, 6) is 0.0870. The van der Waals surface area contributed by atoms with Crippen molar-refractivity contribution in [2.75, 3.05) is 38.6 Å². The van der Waals surface area contributed by atoms with Crippen LogP contribution >= 0.6 is 11.6 Å². The molecule has 0 aromatic heterocycles. The maximum atomic E-state index is 12.3. The fourth-order valence-electron chi connectivity index (χ4n) is 2.14. The standard InChI is InChI=1S/C14H20ClN3O3/c1-2-20-13-11(5-9(15)6-12(13)16)14(19)18-8-10-7-17-3-4-21-10/h5-6,10,17H,2-4,7-8,16H2,1H3,(H,18,19). The predicted octanol–water partition coefficient (Wildman–Crippen LogP) is 1.04. The van der Waals surface area contributed by atoms with Crippen LogP contribution in [-0.2, 0) is 4.74 Å². The number of morpholine rings is 1. The minimum absolute atomic E-state index is 0.0326. The molecule has 0 bridgehead atoms. The van der Waals surface area contributed by atoms with E-state index in [1.54, 1.807) is 12.1 Å². The van der Waals surface area contributed by atoms with Crippen LogP contribution in [0, 0.1) is 0 Å². The lowest BCUT2D eigenvalue weighted by molar-refractivity contribution is 0.0287. The first kappa shape index (κ1) is 15.9. The average molecular weight is 314 g/mol. The minimum atomic E-state index is -0.276. The molecule has 7 heteroatoms. The molecule has 0 spiro atoms. The van der Waals surface area contributed by atoms with Crippen LogP contribution in [0.3, 0.4) is 0 Å². The van der Waals surface area contributed by atoms with Crippen LogP contribution in [0.4, 0.5) is 5.69 Å². The predicted molar refractivity (Wildman–Crippen MR) is 82.0 cm³/mol. The number of hydrogen-bond acceptors (Lipinski definition) is 5. The van der Waals surface area contributed by atoms with Gasteiger partial charge in [-0.1, -0.05) is 11.6 Å². The Hall–Kier alpha value is -1.50. The van der Waals surface area contributed by atoms with Gasteiger partial charge in [-0.25, -0.2) is 0 Å². The number of amides is 1. The first-order valence-corrected chi connectivity index (χ1v) is 7.32. The summed E-state index contributed by atoms with van der Waals surface area (Å²) in [5.41, 5.74) is 6.55. The van der Waals surface area contributed by atoms with Crippen LogP contribution < -0.4 is 21.1 Å². The third-order valence-electron chi connectivity index (χ3n) is 3.11. The quantitative estimate of drug-likeness (QED) is 0.707. The summed E-state index contributed by atoms with van der Waals surface area (Å²) in [7, 11) is 0. The largest absolute Gasteiger partial charge is 0.491 e. The number of halogens is 1. The molecule has 1 aliphatic heterocycles. The molecule has 1 heterocycles. The van der Waals surface area contributed by atoms with Crippen LogP contribution in [0.15, 0.2) is 12.1 Å². The van der Waals surface area contributed by atoms with Crippen molar-refractivity contribution in [1.29, 1.82) is 0 Å². The number of benzene rings is 1. The number of nitrogen functional groups attached to an aromatic ring is 1. The number of ether oxygens (including phenoxy) is 2. The number of rotatable bonds is 5. The SMILES string of the molecule is CCOc1c(N)cc(Cl)cc1C(=O)NCC1CNCCO1. The molecule has 1 aromatic rings. The zero-order valence-corrected chi connectivity index (χ0v) is 12.7. The van der Waals surface area contributed by atoms with Crippen molar-refractivity contribution in [1.82, 2.24) is 10.6 Å². The molecule has 1 aliphatic rings. The van der Waals surface area contributed by atoms with Crippen LogP contribution in [0.2, 0.25) is 5.02 Å². The van der Waals surface area contributed by atoms with Crippen molar-refractivity contribution in [2.24, 2.45) is 0 Å². The first-order chi connectivity index (χ1) is 10.1. The Bertz CT molecular complexity index is 504. The molecule has 6 nitrogen and oxygen atoms in total. The van der Waals surface area contributed by atoms with E-state index in [-0.39, 0.29) is 12.0 Å². The second-order valence-corrected chi connectivity index (χ2v) is 5.15. The maximum absolute atomic E-state index is 12.3. The van der Waals surface area contributed by atoms with Crippen LogP contribution in [-0.4, -0.2) is 44.9 Å². The number of anilines is 1. The lowest BCUT2D eigenvalue weighted by atomic mass is 10.1. The Kier molecular flexibility index (Phi) is 5.67. The summed E-state index contributed by atoms with van der Waals surface area (Å²) < 4.78 is 11.0. The third kappa shape index (κ3) is 4.23. The van der Waals surface area contributed by atoms with Gasteiger partial charge >= 0.3 is 0 Å². The highest BCUT2D eigenvalue weighted by Gasteiger charge is 2.19. The van der Waals surface area contributed by atoms with Crippen molar-refractivity contribution in [3.05, 3.63) is 22.7 Å². The van der Waals surface area contributed by atoms with Gasteiger partial charge in [0, 0.05) is 24.7 Å². The number of hydrogen-bond donors (Lipinski definition) is 3. The Morgan fingerprint density at radius 2 is 2.43 bits per heavy atom. The second kappa shape index (κ2) is 7.49. The van der Waals surface area contributed by atoms with Gasteiger partial charge in [-0.15, -0.1) is 0 Å². The van der Waals surface area contributed by atoms with Gasteiger partial charge in [-0.05, 0) is 19.1 Å². The summed E-state index contributed by atoms with van der Waals surface area (Å²) in [4.78, 5) is 12.3. The molecule has 21 heavy (non-hydrogen) atoms. The molecule has 1 amide bonds. The smallest absolute Gasteiger partial charge is 0.255 e. The molecule has 2 rings (SSSR count). The van der Waals surface area contributed by atoms with E-state index in [1.807, 2.05) is 6.92 Å². The number of carbonyl (C=O) groups is 1. The van der Waals surface area contributed by atoms with Gasteiger partial charge in [0.1, 0.15) is 0 Å². The molecule has 0 radical (unpaired) electrons. The Morgan fingerprint density at radius 1 is 1.62 bits per heavy atom. The molecule has 0 saturated carbocycles. The first-order valence-electron chi connectivity index (χ1n) is 6.94. The van der Waals surface area contributed by atoms with Gasteiger partial charge in [0.25, 0.3) is 5.91 Å². The summed E-state index contributed by atoms with van der Waals surface area (Å²) in [5, 5.41) is 6.43. The van der Waals surface area contributed by atoms with Crippen LogP contribution in [0.25, 0.3) is 0 Å². The Labute approximate surface area is 128 Å². The zero-order valence-electron chi connectivity index (χ0n) is 11.9. The molecule has 1 saturated heterocycles. The molecular weight excluding hydrogens is 294 g/mol. The van der Waals surface area contributed by atoms with E-state index in [1.165, 1.54) is 0 Å². The third-order valence-corrected chi connectivity index (χ3v) is 3.33. The van der Waals surface area contributed by atoms with Gasteiger partial charge in [0.05, 0.1) is 30.6 Å². The highest BCUT2D eigenvalue weighted by Crippen LogP contribution is 2.30. The average Bonchev–Trinajstić information content (AvgIpc) is 2.48. The monoisotopic (exact) mass is 313 g/mol. The van der Waals surface area contributed by atoms with Gasteiger partial charge in [-0.3, -0.25) is 4.79 Å². The molecule has 0 aliphatic carbocycles. The van der Waals surface area contributed by atoms with E-state index < -0.39 is 0 Å². The van der Waals surface area contributed by atoms with Crippen molar-refractivity contribution in [3.8, 4) is 5.75 Å². The van der Waals surface area contributed by atoms with Crippen LogP contribution in [0.5, 0.6) is 5.75 Å². The lowest BCUT2D eigenvalue weighted by Crippen LogP contribution is -2.45.